The molecule has 1 saturated heterocycles. The van der Waals surface area contributed by atoms with Crippen LogP contribution < -0.4 is 4.74 Å². The van der Waals surface area contributed by atoms with Crippen molar-refractivity contribution in [2.24, 2.45) is 0 Å². The van der Waals surface area contributed by atoms with Crippen molar-refractivity contribution >= 4 is 0 Å². The summed E-state index contributed by atoms with van der Waals surface area (Å²) in [6.07, 6.45) is 1.66. The first-order valence-corrected chi connectivity index (χ1v) is 10.5. The van der Waals surface area contributed by atoms with Gasteiger partial charge in [0.1, 0.15) is 12.4 Å². The number of nitrogens with zero attached hydrogens (tertiary/aromatic N) is 2. The molecular weight excluding hydrogens is 348 g/mol. The Labute approximate surface area is 168 Å². The van der Waals surface area contributed by atoms with Gasteiger partial charge in [-0.3, -0.25) is 9.80 Å². The Kier molecular flexibility index (Phi) is 6.00. The van der Waals surface area contributed by atoms with Gasteiger partial charge in [-0.15, -0.1) is 0 Å². The first-order valence-electron chi connectivity index (χ1n) is 10.5. The molecule has 1 fully saturated rings. The van der Waals surface area contributed by atoms with Gasteiger partial charge in [0.25, 0.3) is 0 Å². The zero-order valence-electron chi connectivity index (χ0n) is 17.2. The van der Waals surface area contributed by atoms with Crippen molar-refractivity contribution in [1.29, 1.82) is 0 Å². The van der Waals surface area contributed by atoms with Gasteiger partial charge >= 0.3 is 0 Å². The van der Waals surface area contributed by atoms with Gasteiger partial charge in [-0.2, -0.15) is 0 Å². The number of hydrogen-bond donors (Lipinski definition) is 1. The average molecular weight is 381 g/mol. The maximum Gasteiger partial charge on any atom is 0.123 e. The van der Waals surface area contributed by atoms with Gasteiger partial charge in [0, 0.05) is 44.8 Å². The lowest BCUT2D eigenvalue weighted by Crippen LogP contribution is -2.35. The van der Waals surface area contributed by atoms with Crippen molar-refractivity contribution in [3.63, 3.8) is 0 Å². The molecule has 150 valence electrons. The van der Waals surface area contributed by atoms with Crippen molar-refractivity contribution < 1.29 is 9.84 Å². The monoisotopic (exact) mass is 380 g/mol. The van der Waals surface area contributed by atoms with Crippen LogP contribution in [0.3, 0.4) is 0 Å². The van der Waals surface area contributed by atoms with Crippen LogP contribution >= 0.6 is 0 Å². The minimum atomic E-state index is -0.115. The lowest BCUT2D eigenvalue weighted by Gasteiger charge is -2.29. The minimum absolute atomic E-state index is 0.115. The van der Waals surface area contributed by atoms with E-state index < -0.39 is 0 Å². The van der Waals surface area contributed by atoms with Crippen LogP contribution in [0.2, 0.25) is 0 Å². The zero-order chi connectivity index (χ0) is 19.5. The quantitative estimate of drug-likeness (QED) is 0.878. The van der Waals surface area contributed by atoms with Gasteiger partial charge in [0.2, 0.25) is 0 Å². The van der Waals surface area contributed by atoms with Crippen molar-refractivity contribution in [3.05, 3.63) is 64.2 Å². The largest absolute Gasteiger partial charge is 0.492 e. The minimum Gasteiger partial charge on any atom is -0.492 e. The number of aliphatic hydroxyl groups is 1. The molecule has 2 aliphatic heterocycles. The highest BCUT2D eigenvalue weighted by molar-refractivity contribution is 5.38. The summed E-state index contributed by atoms with van der Waals surface area (Å²) in [5.74, 6) is 1.03. The van der Waals surface area contributed by atoms with Crippen molar-refractivity contribution in [2.75, 3.05) is 26.2 Å². The summed E-state index contributed by atoms with van der Waals surface area (Å²) >= 11 is 0. The summed E-state index contributed by atoms with van der Waals surface area (Å²) in [6, 6.07) is 13.4. The van der Waals surface area contributed by atoms with Crippen LogP contribution in [-0.4, -0.2) is 47.3 Å². The molecule has 0 aromatic heterocycles. The second kappa shape index (κ2) is 8.64. The summed E-state index contributed by atoms with van der Waals surface area (Å²) in [4.78, 5) is 4.93. The number of likely N-dealkylation sites (tertiary alicyclic amines) is 1. The molecule has 0 unspecified atom stereocenters. The molecule has 1 N–H and O–H groups in total. The van der Waals surface area contributed by atoms with Gasteiger partial charge < -0.3 is 9.84 Å². The first kappa shape index (κ1) is 19.4. The number of hydrogen-bond acceptors (Lipinski definition) is 4. The lowest BCUT2D eigenvalue weighted by atomic mass is 10.0. The molecule has 2 aromatic carbocycles. The lowest BCUT2D eigenvalue weighted by molar-refractivity contribution is 0.0792. The molecule has 0 radical (unpaired) electrons. The molecule has 0 atom stereocenters. The fraction of sp³-hybridized carbons (Fsp3) is 0.500. The molecule has 4 rings (SSSR count). The summed E-state index contributed by atoms with van der Waals surface area (Å²) < 4.78 is 6.03. The molecule has 4 nitrogen and oxygen atoms in total. The highest BCUT2D eigenvalue weighted by Crippen LogP contribution is 2.26. The molecule has 0 saturated carbocycles. The van der Waals surface area contributed by atoms with Crippen LogP contribution in [0.5, 0.6) is 5.75 Å². The van der Waals surface area contributed by atoms with Crippen LogP contribution in [0.1, 0.15) is 40.7 Å². The smallest absolute Gasteiger partial charge is 0.123 e. The van der Waals surface area contributed by atoms with Gasteiger partial charge in [0.15, 0.2) is 0 Å². The third-order valence-electron chi connectivity index (χ3n) is 6.12. The Hall–Kier alpha value is -1.88. The molecule has 4 heteroatoms. The fourth-order valence-corrected chi connectivity index (χ4v) is 4.23. The van der Waals surface area contributed by atoms with Gasteiger partial charge in [-0.1, -0.05) is 24.3 Å². The number of rotatable bonds is 4. The predicted molar refractivity (Wildman–Crippen MR) is 112 cm³/mol. The molecule has 2 aliphatic rings. The van der Waals surface area contributed by atoms with Crippen LogP contribution in [0.4, 0.5) is 0 Å². The normalized spacial score (nSPS) is 19.1. The summed E-state index contributed by atoms with van der Waals surface area (Å²) in [5, 5.41) is 9.72. The average Bonchev–Trinajstić information content (AvgIpc) is 2.88. The summed E-state index contributed by atoms with van der Waals surface area (Å²) in [5.41, 5.74) is 6.71. The maximum atomic E-state index is 9.72. The highest BCUT2D eigenvalue weighted by Gasteiger charge is 2.19. The van der Waals surface area contributed by atoms with Crippen LogP contribution in [0.15, 0.2) is 36.4 Å². The highest BCUT2D eigenvalue weighted by atomic mass is 16.5. The Bertz CT molecular complexity index is 812. The van der Waals surface area contributed by atoms with Crippen LogP contribution in [0.25, 0.3) is 0 Å². The molecule has 0 aliphatic carbocycles. The van der Waals surface area contributed by atoms with E-state index in [1.165, 1.54) is 27.8 Å². The number of benzene rings is 2. The number of aliphatic hydroxyl groups excluding tert-OH is 1. The molecule has 0 amide bonds. The van der Waals surface area contributed by atoms with E-state index in [1.807, 2.05) is 0 Å². The van der Waals surface area contributed by atoms with E-state index in [2.05, 4.69) is 60.0 Å². The Morgan fingerprint density at radius 1 is 0.893 bits per heavy atom. The predicted octanol–water partition coefficient (Wildman–Crippen LogP) is 3.65. The molecule has 0 spiro atoms. The third kappa shape index (κ3) is 4.75. The molecule has 2 aromatic rings. The maximum absolute atomic E-state index is 9.72. The Morgan fingerprint density at radius 2 is 1.61 bits per heavy atom. The van der Waals surface area contributed by atoms with Gasteiger partial charge in [0.05, 0.1) is 6.10 Å². The van der Waals surface area contributed by atoms with E-state index in [1.54, 1.807) is 0 Å². The van der Waals surface area contributed by atoms with E-state index in [0.717, 1.165) is 64.5 Å². The van der Waals surface area contributed by atoms with Crippen molar-refractivity contribution in [1.82, 2.24) is 9.80 Å². The summed E-state index contributed by atoms with van der Waals surface area (Å²) in [6.45, 7) is 10.8. The standard InChI is InChI=1S/C24H32N2O2/c1-18-3-4-20(13-19(18)2)16-26-11-12-28-24-6-5-21(14-22(24)17-26)15-25-9-7-23(27)8-10-25/h3-6,13-14,23,27H,7-12,15-17H2,1-2H3. The van der Waals surface area contributed by atoms with E-state index in [9.17, 15) is 5.11 Å². The van der Waals surface area contributed by atoms with E-state index in [4.69, 9.17) is 4.74 Å². The number of fused-ring (bicyclic) bond motifs is 1. The molecular formula is C24H32N2O2. The third-order valence-corrected chi connectivity index (χ3v) is 6.12. The molecule has 28 heavy (non-hydrogen) atoms. The van der Waals surface area contributed by atoms with Gasteiger partial charge in [-0.05, 0) is 61.1 Å². The van der Waals surface area contributed by atoms with E-state index >= 15 is 0 Å². The first-order chi connectivity index (χ1) is 13.6. The second-order valence-electron chi connectivity index (χ2n) is 8.43. The van der Waals surface area contributed by atoms with E-state index in [-0.39, 0.29) is 6.10 Å². The fourth-order valence-electron chi connectivity index (χ4n) is 4.23. The number of ether oxygens (including phenoxy) is 1. The van der Waals surface area contributed by atoms with Crippen molar-refractivity contribution in [2.45, 2.75) is 52.4 Å². The van der Waals surface area contributed by atoms with Crippen LogP contribution in [-0.2, 0) is 19.6 Å². The zero-order valence-corrected chi connectivity index (χ0v) is 17.2. The van der Waals surface area contributed by atoms with Crippen LogP contribution in [0, 0.1) is 13.8 Å². The molecule has 0 bridgehead atoms. The van der Waals surface area contributed by atoms with Gasteiger partial charge in [-0.25, -0.2) is 0 Å². The van der Waals surface area contributed by atoms with Crippen molar-refractivity contribution in [3.8, 4) is 5.75 Å². The summed E-state index contributed by atoms with van der Waals surface area (Å²) in [7, 11) is 0. The Morgan fingerprint density at radius 3 is 2.39 bits per heavy atom. The number of piperidine rings is 1. The van der Waals surface area contributed by atoms with E-state index in [0.29, 0.717) is 0 Å². The molecule has 2 heterocycles. The Balaban J connectivity index is 1.44. The SMILES string of the molecule is Cc1ccc(CN2CCOc3ccc(CN4CCC(O)CC4)cc3C2)cc1C. The second-order valence-corrected chi connectivity index (χ2v) is 8.43. The number of aryl methyl sites for hydroxylation is 2. The topological polar surface area (TPSA) is 35.9 Å².